The smallest absolute Gasteiger partial charge is 0.295 e. The quantitative estimate of drug-likeness (QED) is 0.178. The Morgan fingerprint density at radius 2 is 1.65 bits per heavy atom. The van der Waals surface area contributed by atoms with E-state index in [1.54, 1.807) is 24.3 Å². The summed E-state index contributed by atoms with van der Waals surface area (Å²) in [5.41, 5.74) is 2.68. The van der Waals surface area contributed by atoms with Gasteiger partial charge in [-0.3, -0.25) is 9.59 Å². The first kappa shape index (κ1) is 29.3. The highest BCUT2D eigenvalue weighted by Crippen LogP contribution is 2.47. The number of amides is 1. The van der Waals surface area contributed by atoms with Gasteiger partial charge < -0.3 is 29.0 Å². The van der Waals surface area contributed by atoms with E-state index < -0.39 is 23.5 Å². The number of nitrogens with zero attached hydrogens (tertiary/aromatic N) is 1. The van der Waals surface area contributed by atoms with E-state index in [0.29, 0.717) is 17.9 Å². The van der Waals surface area contributed by atoms with Gasteiger partial charge >= 0.3 is 0 Å². The van der Waals surface area contributed by atoms with Crippen molar-refractivity contribution in [2.24, 2.45) is 0 Å². The Bertz CT molecular complexity index is 1450. The maximum absolute atomic E-state index is 13.3. The molecule has 3 aromatic carbocycles. The first-order valence-electron chi connectivity index (χ1n) is 12.4. The van der Waals surface area contributed by atoms with Crippen LogP contribution >= 0.6 is 23.2 Å². The molecule has 3 aromatic rings. The summed E-state index contributed by atoms with van der Waals surface area (Å²) in [5, 5.41) is 11.6. The van der Waals surface area contributed by atoms with Crippen molar-refractivity contribution in [3.63, 3.8) is 0 Å². The van der Waals surface area contributed by atoms with E-state index in [2.05, 4.69) is 0 Å². The summed E-state index contributed by atoms with van der Waals surface area (Å²) in [6.07, 6.45) is 0. The molecule has 1 aliphatic heterocycles. The Labute approximate surface area is 242 Å². The first-order chi connectivity index (χ1) is 19.2. The van der Waals surface area contributed by atoms with Crippen LogP contribution in [0.4, 0.5) is 0 Å². The maximum atomic E-state index is 13.3. The standard InChI is InChI=1S/C30H29Cl2NO7/c1-17-7-5-6-8-19(17)16-40-20-11-9-18(10-12-20)25-23(27(35)30(36)33(25)13-14-37-2)26(34)21-15-22(31)29(39-4)24(32)28(21)38-3/h5-12,15,25,34H,13-14,16H2,1-4H3/b26-23+. The lowest BCUT2D eigenvalue weighted by molar-refractivity contribution is -0.140. The summed E-state index contributed by atoms with van der Waals surface area (Å²) in [6, 6.07) is 15.4. The largest absolute Gasteiger partial charge is 0.507 e. The van der Waals surface area contributed by atoms with Gasteiger partial charge in [-0.25, -0.2) is 0 Å². The SMILES string of the molecule is COCCN1C(=O)C(=O)/C(=C(/O)c2cc(Cl)c(OC)c(Cl)c2OC)C1c1ccc(OCc2ccccc2C)cc1. The number of halogens is 2. The fraction of sp³-hybridized carbons (Fsp3) is 0.267. The zero-order valence-electron chi connectivity index (χ0n) is 22.5. The van der Waals surface area contributed by atoms with Crippen LogP contribution in [0.25, 0.3) is 5.76 Å². The molecule has 1 fully saturated rings. The predicted molar refractivity (Wildman–Crippen MR) is 152 cm³/mol. The van der Waals surface area contributed by atoms with Crippen molar-refractivity contribution in [2.45, 2.75) is 19.6 Å². The monoisotopic (exact) mass is 585 g/mol. The van der Waals surface area contributed by atoms with Crippen LogP contribution in [0.1, 0.15) is 28.3 Å². The number of likely N-dealkylation sites (tertiary alicyclic amines) is 1. The molecule has 10 heteroatoms. The van der Waals surface area contributed by atoms with Gasteiger partial charge in [-0.1, -0.05) is 59.6 Å². The minimum atomic E-state index is -0.912. The number of aliphatic hydroxyl groups excluding tert-OH is 1. The van der Waals surface area contributed by atoms with Gasteiger partial charge in [0.1, 0.15) is 23.1 Å². The molecule has 0 bridgehead atoms. The van der Waals surface area contributed by atoms with Gasteiger partial charge in [-0.15, -0.1) is 0 Å². The van der Waals surface area contributed by atoms with E-state index in [1.165, 1.54) is 32.3 Å². The van der Waals surface area contributed by atoms with Crippen LogP contribution in [-0.4, -0.2) is 56.2 Å². The van der Waals surface area contributed by atoms with Crippen molar-refractivity contribution in [2.75, 3.05) is 34.5 Å². The number of hydrogen-bond acceptors (Lipinski definition) is 7. The molecule has 8 nitrogen and oxygen atoms in total. The van der Waals surface area contributed by atoms with Crippen molar-refractivity contribution >= 4 is 40.7 Å². The molecule has 0 aromatic heterocycles. The number of ketones is 1. The lowest BCUT2D eigenvalue weighted by Crippen LogP contribution is -2.32. The molecule has 1 heterocycles. The van der Waals surface area contributed by atoms with Crippen LogP contribution in [-0.2, 0) is 20.9 Å². The van der Waals surface area contributed by atoms with Crippen LogP contribution in [0.15, 0.2) is 60.2 Å². The molecule has 1 aliphatic rings. The Hall–Kier alpha value is -3.72. The summed E-state index contributed by atoms with van der Waals surface area (Å²) < 4.78 is 21.8. The molecule has 4 rings (SSSR count). The summed E-state index contributed by atoms with van der Waals surface area (Å²) in [6.45, 7) is 2.71. The second-order valence-corrected chi connectivity index (χ2v) is 9.84. The van der Waals surface area contributed by atoms with Crippen LogP contribution in [0.2, 0.25) is 10.0 Å². The van der Waals surface area contributed by atoms with Crippen LogP contribution in [0, 0.1) is 6.92 Å². The fourth-order valence-electron chi connectivity index (χ4n) is 4.62. The van der Waals surface area contributed by atoms with Crippen molar-refractivity contribution in [3.05, 3.63) is 92.5 Å². The van der Waals surface area contributed by atoms with Gasteiger partial charge in [-0.05, 0) is 41.8 Å². The highest BCUT2D eigenvalue weighted by molar-refractivity contribution is 6.47. The number of Topliss-reactive ketones (excluding diaryl/α,β-unsaturated/α-hetero) is 1. The van der Waals surface area contributed by atoms with Crippen molar-refractivity contribution in [1.29, 1.82) is 0 Å². The normalized spacial score (nSPS) is 16.4. The molecule has 1 amide bonds. The number of aliphatic hydroxyl groups is 1. The second kappa shape index (κ2) is 12.6. The topological polar surface area (TPSA) is 94.5 Å². The number of aryl methyl sites for hydroxylation is 1. The second-order valence-electron chi connectivity index (χ2n) is 9.06. The lowest BCUT2D eigenvalue weighted by Gasteiger charge is -2.25. The molecule has 1 saturated heterocycles. The Morgan fingerprint density at radius 3 is 2.27 bits per heavy atom. The van der Waals surface area contributed by atoms with E-state index >= 15 is 0 Å². The fourth-order valence-corrected chi connectivity index (χ4v) is 5.30. The van der Waals surface area contributed by atoms with Crippen LogP contribution in [0.5, 0.6) is 17.2 Å². The average Bonchev–Trinajstić information content (AvgIpc) is 3.20. The van der Waals surface area contributed by atoms with Crippen molar-refractivity contribution in [1.82, 2.24) is 4.90 Å². The van der Waals surface area contributed by atoms with E-state index in [9.17, 15) is 14.7 Å². The van der Waals surface area contributed by atoms with E-state index in [1.807, 2.05) is 31.2 Å². The van der Waals surface area contributed by atoms with Crippen LogP contribution < -0.4 is 14.2 Å². The van der Waals surface area contributed by atoms with E-state index in [4.69, 9.17) is 42.1 Å². The number of ether oxygens (including phenoxy) is 4. The lowest BCUT2D eigenvalue weighted by atomic mass is 9.95. The minimum Gasteiger partial charge on any atom is -0.507 e. The number of rotatable bonds is 10. The number of carbonyl (C=O) groups is 2. The highest BCUT2D eigenvalue weighted by Gasteiger charge is 2.46. The zero-order chi connectivity index (χ0) is 29.0. The predicted octanol–water partition coefficient (Wildman–Crippen LogP) is 5.97. The van der Waals surface area contributed by atoms with Gasteiger partial charge in [0.05, 0.1) is 43.0 Å². The molecule has 0 radical (unpaired) electrons. The molecular formula is C30H29Cl2NO7. The third-order valence-electron chi connectivity index (χ3n) is 6.72. The van der Waals surface area contributed by atoms with Gasteiger partial charge in [0.2, 0.25) is 0 Å². The highest BCUT2D eigenvalue weighted by atomic mass is 35.5. The van der Waals surface area contributed by atoms with Gasteiger partial charge in [-0.2, -0.15) is 0 Å². The van der Waals surface area contributed by atoms with Gasteiger partial charge in [0, 0.05) is 13.7 Å². The number of carbonyl (C=O) groups excluding carboxylic acids is 2. The molecule has 40 heavy (non-hydrogen) atoms. The molecule has 1 unspecified atom stereocenters. The molecule has 1 N–H and O–H groups in total. The van der Waals surface area contributed by atoms with Crippen molar-refractivity contribution in [3.8, 4) is 17.2 Å². The summed E-state index contributed by atoms with van der Waals surface area (Å²) >= 11 is 12.8. The average molecular weight is 586 g/mol. The van der Waals surface area contributed by atoms with Crippen molar-refractivity contribution < 1.29 is 33.6 Å². The molecule has 210 valence electrons. The Balaban J connectivity index is 1.77. The number of hydrogen-bond donors (Lipinski definition) is 1. The zero-order valence-corrected chi connectivity index (χ0v) is 24.0. The molecule has 0 saturated carbocycles. The van der Waals surface area contributed by atoms with Gasteiger partial charge in [0.15, 0.2) is 11.5 Å². The molecule has 0 spiro atoms. The number of methoxy groups -OCH3 is 3. The Kier molecular flexibility index (Phi) is 9.25. The van der Waals surface area contributed by atoms with Gasteiger partial charge in [0.25, 0.3) is 11.7 Å². The summed E-state index contributed by atoms with van der Waals surface area (Å²) in [7, 11) is 4.25. The number of benzene rings is 3. The molecular weight excluding hydrogens is 557 g/mol. The van der Waals surface area contributed by atoms with Crippen LogP contribution in [0.3, 0.4) is 0 Å². The molecule has 0 aliphatic carbocycles. The summed E-state index contributed by atoms with van der Waals surface area (Å²) in [4.78, 5) is 27.8. The third kappa shape index (κ3) is 5.61. The third-order valence-corrected chi connectivity index (χ3v) is 7.35. The van der Waals surface area contributed by atoms with E-state index in [0.717, 1.165) is 11.1 Å². The molecule has 1 atom stereocenters. The van der Waals surface area contributed by atoms with E-state index in [-0.39, 0.29) is 45.8 Å². The minimum absolute atomic E-state index is 0.0133. The first-order valence-corrected chi connectivity index (χ1v) is 13.1. The summed E-state index contributed by atoms with van der Waals surface area (Å²) in [5.74, 6) is -1.31. The Morgan fingerprint density at radius 1 is 0.975 bits per heavy atom. The maximum Gasteiger partial charge on any atom is 0.295 e.